The van der Waals surface area contributed by atoms with Gasteiger partial charge in [-0.05, 0) is 32.1 Å². The Kier molecular flexibility index (Phi) is 5.06. The summed E-state index contributed by atoms with van der Waals surface area (Å²) >= 11 is 0. The van der Waals surface area contributed by atoms with Gasteiger partial charge >= 0.3 is 6.03 Å². The predicted molar refractivity (Wildman–Crippen MR) is 64.4 cm³/mol. The second-order valence-corrected chi connectivity index (χ2v) is 4.94. The van der Waals surface area contributed by atoms with Crippen molar-refractivity contribution in [3.63, 3.8) is 0 Å². The van der Waals surface area contributed by atoms with Crippen molar-refractivity contribution >= 4 is 6.03 Å². The van der Waals surface area contributed by atoms with Crippen LogP contribution in [0.2, 0.25) is 0 Å². The molecule has 0 aliphatic heterocycles. The van der Waals surface area contributed by atoms with Crippen LogP contribution in [0, 0.1) is 11.8 Å². The van der Waals surface area contributed by atoms with Crippen molar-refractivity contribution in [2.75, 3.05) is 26.8 Å². The number of rotatable bonds is 6. The molecule has 16 heavy (non-hydrogen) atoms. The Hall–Kier alpha value is -0.770. The van der Waals surface area contributed by atoms with Crippen molar-refractivity contribution in [3.05, 3.63) is 0 Å². The van der Waals surface area contributed by atoms with Gasteiger partial charge < -0.3 is 15.0 Å². The molecule has 0 spiro atoms. The topological polar surface area (TPSA) is 41.6 Å². The maximum Gasteiger partial charge on any atom is 0.317 e. The van der Waals surface area contributed by atoms with E-state index in [1.54, 1.807) is 7.11 Å². The third kappa shape index (κ3) is 4.00. The maximum absolute atomic E-state index is 11.9. The van der Waals surface area contributed by atoms with Crippen molar-refractivity contribution in [1.82, 2.24) is 10.2 Å². The summed E-state index contributed by atoms with van der Waals surface area (Å²) in [5.41, 5.74) is 0. The molecule has 1 fully saturated rings. The first-order valence-corrected chi connectivity index (χ1v) is 6.09. The van der Waals surface area contributed by atoms with E-state index in [0.29, 0.717) is 19.1 Å². The van der Waals surface area contributed by atoms with Crippen LogP contribution in [0.3, 0.4) is 0 Å². The van der Waals surface area contributed by atoms with E-state index in [9.17, 15) is 4.79 Å². The van der Waals surface area contributed by atoms with Gasteiger partial charge in [-0.3, -0.25) is 0 Å². The van der Waals surface area contributed by atoms with Crippen molar-refractivity contribution in [1.29, 1.82) is 0 Å². The fraction of sp³-hybridized carbons (Fsp3) is 0.917. The van der Waals surface area contributed by atoms with Gasteiger partial charge in [0.05, 0.1) is 6.61 Å². The van der Waals surface area contributed by atoms with E-state index < -0.39 is 0 Å². The lowest BCUT2D eigenvalue weighted by atomic mass is 10.2. The standard InChI is InChI=1S/C12H24N2O2/c1-9(2)14(8-11-7-10(11)3)12(15)13-5-6-16-4/h9-11H,5-8H2,1-4H3,(H,13,15)/t10-,11-/m0/s1. The molecule has 1 aliphatic rings. The molecule has 1 N–H and O–H groups in total. The van der Waals surface area contributed by atoms with Gasteiger partial charge in [0.25, 0.3) is 0 Å². The third-order valence-corrected chi connectivity index (χ3v) is 3.17. The molecule has 1 aliphatic carbocycles. The van der Waals surface area contributed by atoms with Gasteiger partial charge in [-0.15, -0.1) is 0 Å². The van der Waals surface area contributed by atoms with Crippen LogP contribution in [0.5, 0.6) is 0 Å². The lowest BCUT2D eigenvalue weighted by molar-refractivity contribution is 0.167. The van der Waals surface area contributed by atoms with Gasteiger partial charge in [-0.2, -0.15) is 0 Å². The first-order chi connectivity index (χ1) is 7.56. The molecule has 4 heteroatoms. The summed E-state index contributed by atoms with van der Waals surface area (Å²) in [4.78, 5) is 13.8. The first kappa shape index (κ1) is 13.3. The average Bonchev–Trinajstić information content (AvgIpc) is 2.90. The van der Waals surface area contributed by atoms with Crippen LogP contribution in [-0.4, -0.2) is 43.8 Å². The molecule has 1 saturated carbocycles. The summed E-state index contributed by atoms with van der Waals surface area (Å²) in [6, 6.07) is 0.293. The number of ether oxygens (including phenoxy) is 1. The quantitative estimate of drug-likeness (QED) is 0.703. The third-order valence-electron chi connectivity index (χ3n) is 3.17. The summed E-state index contributed by atoms with van der Waals surface area (Å²) in [5, 5.41) is 2.87. The summed E-state index contributed by atoms with van der Waals surface area (Å²) in [7, 11) is 1.64. The molecule has 1 rings (SSSR count). The van der Waals surface area contributed by atoms with Crippen LogP contribution in [-0.2, 0) is 4.74 Å². The van der Waals surface area contributed by atoms with Gasteiger partial charge in [0.2, 0.25) is 0 Å². The van der Waals surface area contributed by atoms with Crippen LogP contribution in [0.25, 0.3) is 0 Å². The van der Waals surface area contributed by atoms with Gasteiger partial charge in [0.15, 0.2) is 0 Å². The summed E-state index contributed by atoms with van der Waals surface area (Å²) in [5.74, 6) is 1.49. The summed E-state index contributed by atoms with van der Waals surface area (Å²) in [6.07, 6.45) is 1.26. The van der Waals surface area contributed by atoms with Crippen molar-refractivity contribution in [3.8, 4) is 0 Å². The Labute approximate surface area is 98.3 Å². The van der Waals surface area contributed by atoms with E-state index in [2.05, 4.69) is 26.1 Å². The molecule has 0 radical (unpaired) electrons. The Balaban J connectivity index is 2.33. The second kappa shape index (κ2) is 6.09. The Morgan fingerprint density at radius 3 is 2.62 bits per heavy atom. The number of nitrogens with zero attached hydrogens (tertiary/aromatic N) is 1. The number of methoxy groups -OCH3 is 1. The molecule has 4 nitrogen and oxygen atoms in total. The highest BCUT2D eigenvalue weighted by molar-refractivity contribution is 5.74. The highest BCUT2D eigenvalue weighted by atomic mass is 16.5. The molecule has 2 atom stereocenters. The van der Waals surface area contributed by atoms with Crippen LogP contribution in [0.1, 0.15) is 27.2 Å². The molecule has 0 unspecified atom stereocenters. The molecule has 0 aromatic rings. The minimum absolute atomic E-state index is 0.0335. The van der Waals surface area contributed by atoms with Gasteiger partial charge in [-0.1, -0.05) is 6.92 Å². The zero-order valence-electron chi connectivity index (χ0n) is 10.8. The van der Waals surface area contributed by atoms with E-state index in [-0.39, 0.29) is 12.1 Å². The van der Waals surface area contributed by atoms with E-state index >= 15 is 0 Å². The number of hydrogen-bond acceptors (Lipinski definition) is 2. The lowest BCUT2D eigenvalue weighted by Gasteiger charge is -2.27. The smallest absolute Gasteiger partial charge is 0.317 e. The minimum atomic E-state index is 0.0335. The molecule has 0 aromatic heterocycles. The van der Waals surface area contributed by atoms with Crippen LogP contribution in [0.15, 0.2) is 0 Å². The fourth-order valence-electron chi connectivity index (χ4n) is 1.80. The van der Waals surface area contributed by atoms with Gasteiger partial charge in [0.1, 0.15) is 0 Å². The normalized spacial score (nSPS) is 23.3. The zero-order chi connectivity index (χ0) is 12.1. The number of nitrogens with one attached hydrogen (secondary N) is 1. The largest absolute Gasteiger partial charge is 0.383 e. The van der Waals surface area contributed by atoms with Gasteiger partial charge in [0, 0.05) is 26.2 Å². The zero-order valence-corrected chi connectivity index (χ0v) is 10.8. The van der Waals surface area contributed by atoms with Gasteiger partial charge in [-0.25, -0.2) is 4.79 Å². The van der Waals surface area contributed by atoms with Crippen LogP contribution in [0.4, 0.5) is 4.79 Å². The van der Waals surface area contributed by atoms with Crippen molar-refractivity contribution in [2.24, 2.45) is 11.8 Å². The number of carbonyl (C=O) groups excluding carboxylic acids is 1. The monoisotopic (exact) mass is 228 g/mol. The Morgan fingerprint density at radius 1 is 1.56 bits per heavy atom. The fourth-order valence-corrected chi connectivity index (χ4v) is 1.80. The van der Waals surface area contributed by atoms with Crippen LogP contribution < -0.4 is 5.32 Å². The van der Waals surface area contributed by atoms with Crippen molar-refractivity contribution < 1.29 is 9.53 Å². The highest BCUT2D eigenvalue weighted by Crippen LogP contribution is 2.38. The minimum Gasteiger partial charge on any atom is -0.383 e. The molecule has 0 aromatic carbocycles. The number of urea groups is 1. The lowest BCUT2D eigenvalue weighted by Crippen LogP contribution is -2.45. The summed E-state index contributed by atoms with van der Waals surface area (Å²) < 4.78 is 4.91. The number of amides is 2. The maximum atomic E-state index is 11.9. The molecule has 94 valence electrons. The highest BCUT2D eigenvalue weighted by Gasteiger charge is 2.35. The molecule has 0 saturated heterocycles. The van der Waals surface area contributed by atoms with Crippen LogP contribution >= 0.6 is 0 Å². The second-order valence-electron chi connectivity index (χ2n) is 4.94. The van der Waals surface area contributed by atoms with E-state index in [4.69, 9.17) is 4.74 Å². The molecule has 2 amide bonds. The molecular weight excluding hydrogens is 204 g/mol. The molecule has 0 heterocycles. The average molecular weight is 228 g/mol. The Bertz CT molecular complexity index is 231. The van der Waals surface area contributed by atoms with E-state index in [1.807, 2.05) is 4.90 Å². The predicted octanol–water partition coefficient (Wildman–Crippen LogP) is 1.71. The SMILES string of the molecule is COCCNC(=O)N(C[C@@H]1C[C@@H]1C)C(C)C. The Morgan fingerprint density at radius 2 is 2.19 bits per heavy atom. The summed E-state index contributed by atoms with van der Waals surface area (Å²) in [6.45, 7) is 8.39. The number of carbonyl (C=O) groups is 1. The van der Waals surface area contributed by atoms with Crippen molar-refractivity contribution in [2.45, 2.75) is 33.2 Å². The number of hydrogen-bond donors (Lipinski definition) is 1. The first-order valence-electron chi connectivity index (χ1n) is 6.09. The van der Waals surface area contributed by atoms with E-state index in [1.165, 1.54) is 6.42 Å². The van der Waals surface area contributed by atoms with E-state index in [0.717, 1.165) is 12.5 Å². The molecule has 0 bridgehead atoms. The molecular formula is C12H24N2O2.